The molecule has 0 bridgehead atoms. The van der Waals surface area contributed by atoms with Crippen LogP contribution in [0.4, 0.5) is 0 Å². The molecule has 0 radical (unpaired) electrons. The van der Waals surface area contributed by atoms with Crippen molar-refractivity contribution in [2.24, 2.45) is 11.3 Å². The molecule has 0 N–H and O–H groups in total. The first-order chi connectivity index (χ1) is 14.3. The zero-order valence-electron chi connectivity index (χ0n) is 17.6. The molecule has 4 rings (SSSR count). The van der Waals surface area contributed by atoms with Crippen molar-refractivity contribution in [3.8, 4) is 0 Å². The third-order valence-corrected chi connectivity index (χ3v) is 6.62. The van der Waals surface area contributed by atoms with E-state index < -0.39 is 0 Å². The first-order valence-corrected chi connectivity index (χ1v) is 10.6. The summed E-state index contributed by atoms with van der Waals surface area (Å²) in [5, 5.41) is 1.32. The van der Waals surface area contributed by atoms with Crippen LogP contribution in [0.5, 0.6) is 0 Å². The molecule has 3 atom stereocenters. The topological polar surface area (TPSA) is 66.2 Å². The molecule has 7 heteroatoms. The number of nitrogens with zero attached hydrogens (tertiary/aromatic N) is 3. The molecule has 0 amide bonds. The van der Waals surface area contributed by atoms with Gasteiger partial charge in [0.1, 0.15) is 30.0 Å². The van der Waals surface area contributed by atoms with E-state index in [-0.39, 0.29) is 36.2 Å². The van der Waals surface area contributed by atoms with Gasteiger partial charge in [-0.2, -0.15) is 0 Å². The minimum absolute atomic E-state index is 0.158. The number of benzene rings is 1. The summed E-state index contributed by atoms with van der Waals surface area (Å²) in [6.07, 6.45) is 3.87. The monoisotopic (exact) mass is 427 g/mol. The molecule has 0 aliphatic carbocycles. The molecule has 1 fully saturated rings. The number of aromatic nitrogens is 3. The summed E-state index contributed by atoms with van der Waals surface area (Å²) in [4.78, 5) is 21.0. The average molecular weight is 428 g/mol. The van der Waals surface area contributed by atoms with Gasteiger partial charge in [-0.05, 0) is 30.0 Å². The van der Waals surface area contributed by atoms with E-state index in [1.165, 1.54) is 6.33 Å². The van der Waals surface area contributed by atoms with Crippen molar-refractivity contribution in [1.29, 1.82) is 0 Å². The SMILES string of the molecule is CCc1cn(C2OC(COC(=O)c3ccccc3)C(C)C2(C)C)c2ncnc(Cl)c12. The first kappa shape index (κ1) is 20.8. The third kappa shape index (κ3) is 3.48. The molecule has 1 aliphatic heterocycles. The van der Waals surface area contributed by atoms with Crippen LogP contribution in [0.1, 0.15) is 49.8 Å². The molecule has 3 unspecified atom stereocenters. The number of fused-ring (bicyclic) bond motifs is 1. The summed E-state index contributed by atoms with van der Waals surface area (Å²) < 4.78 is 14.1. The van der Waals surface area contributed by atoms with Gasteiger partial charge in [0.25, 0.3) is 0 Å². The van der Waals surface area contributed by atoms with Crippen LogP contribution in [0, 0.1) is 11.3 Å². The normalized spacial score (nSPS) is 23.0. The Morgan fingerprint density at radius 1 is 1.27 bits per heavy atom. The molecule has 1 aliphatic rings. The maximum absolute atomic E-state index is 12.4. The van der Waals surface area contributed by atoms with Crippen molar-refractivity contribution in [3.05, 3.63) is 59.1 Å². The van der Waals surface area contributed by atoms with Crippen molar-refractivity contribution in [1.82, 2.24) is 14.5 Å². The number of rotatable bonds is 5. The van der Waals surface area contributed by atoms with Gasteiger partial charge in [0.15, 0.2) is 0 Å². The smallest absolute Gasteiger partial charge is 0.338 e. The molecule has 0 saturated carbocycles. The van der Waals surface area contributed by atoms with Crippen LogP contribution < -0.4 is 0 Å². The molecule has 3 aromatic rings. The predicted molar refractivity (Wildman–Crippen MR) is 115 cm³/mol. The van der Waals surface area contributed by atoms with Crippen molar-refractivity contribution in [3.63, 3.8) is 0 Å². The van der Waals surface area contributed by atoms with Gasteiger partial charge in [-0.3, -0.25) is 0 Å². The van der Waals surface area contributed by atoms with Gasteiger partial charge >= 0.3 is 5.97 Å². The van der Waals surface area contributed by atoms with Crippen LogP contribution in [-0.4, -0.2) is 33.2 Å². The van der Waals surface area contributed by atoms with Gasteiger partial charge < -0.3 is 14.0 Å². The Bertz CT molecular complexity index is 1060. The van der Waals surface area contributed by atoms with Crippen molar-refractivity contribution < 1.29 is 14.3 Å². The van der Waals surface area contributed by atoms with E-state index in [0.717, 1.165) is 23.0 Å². The quantitative estimate of drug-likeness (QED) is 0.420. The van der Waals surface area contributed by atoms with Crippen molar-refractivity contribution >= 4 is 28.6 Å². The van der Waals surface area contributed by atoms with E-state index in [4.69, 9.17) is 21.1 Å². The minimum atomic E-state index is -0.341. The van der Waals surface area contributed by atoms with E-state index in [0.29, 0.717) is 10.7 Å². The number of esters is 1. The van der Waals surface area contributed by atoms with Crippen LogP contribution in [-0.2, 0) is 15.9 Å². The van der Waals surface area contributed by atoms with E-state index in [1.54, 1.807) is 12.1 Å². The molecular formula is C23H26ClN3O3. The Balaban J connectivity index is 1.59. The number of hydrogen-bond donors (Lipinski definition) is 0. The number of halogens is 1. The fraction of sp³-hybridized carbons (Fsp3) is 0.435. The second-order valence-corrected chi connectivity index (χ2v) is 8.74. The van der Waals surface area contributed by atoms with Gasteiger partial charge in [0.05, 0.1) is 17.1 Å². The van der Waals surface area contributed by atoms with Gasteiger partial charge in [-0.1, -0.05) is 57.5 Å². The van der Waals surface area contributed by atoms with Crippen LogP contribution >= 0.6 is 11.6 Å². The van der Waals surface area contributed by atoms with Crippen LogP contribution in [0.25, 0.3) is 11.0 Å². The van der Waals surface area contributed by atoms with Crippen LogP contribution in [0.3, 0.4) is 0 Å². The fourth-order valence-corrected chi connectivity index (χ4v) is 4.40. The zero-order chi connectivity index (χ0) is 21.5. The lowest BCUT2D eigenvalue weighted by atomic mass is 9.78. The maximum atomic E-state index is 12.4. The second kappa shape index (κ2) is 8.00. The lowest BCUT2D eigenvalue weighted by molar-refractivity contribution is -0.0511. The van der Waals surface area contributed by atoms with Gasteiger partial charge in [-0.15, -0.1) is 0 Å². The second-order valence-electron chi connectivity index (χ2n) is 8.38. The summed E-state index contributed by atoms with van der Waals surface area (Å²) in [7, 11) is 0. The average Bonchev–Trinajstić information content (AvgIpc) is 3.23. The number of ether oxygens (including phenoxy) is 2. The van der Waals surface area contributed by atoms with Gasteiger partial charge in [0.2, 0.25) is 0 Å². The Labute approximate surface area is 181 Å². The molecule has 30 heavy (non-hydrogen) atoms. The highest BCUT2D eigenvalue weighted by molar-refractivity contribution is 6.34. The minimum Gasteiger partial charge on any atom is -0.459 e. The standard InChI is InChI=1S/C23H26ClN3O3/c1-5-15-11-27(20-18(15)19(24)25-13-26-20)22-23(3,4)14(2)17(30-22)12-29-21(28)16-9-7-6-8-10-16/h6-11,13-14,17,22H,5,12H2,1-4H3. The Morgan fingerprint density at radius 3 is 2.70 bits per heavy atom. The molecule has 1 saturated heterocycles. The predicted octanol–water partition coefficient (Wildman–Crippen LogP) is 5.06. The van der Waals surface area contributed by atoms with E-state index in [9.17, 15) is 4.79 Å². The summed E-state index contributed by atoms with van der Waals surface area (Å²) >= 11 is 6.37. The maximum Gasteiger partial charge on any atom is 0.338 e. The zero-order valence-corrected chi connectivity index (χ0v) is 18.4. The van der Waals surface area contributed by atoms with Gasteiger partial charge in [0, 0.05) is 11.6 Å². The molecule has 2 aromatic heterocycles. The highest BCUT2D eigenvalue weighted by Crippen LogP contribution is 2.50. The lowest BCUT2D eigenvalue weighted by Crippen LogP contribution is -2.29. The van der Waals surface area contributed by atoms with Crippen molar-refractivity contribution in [2.75, 3.05) is 6.61 Å². The number of hydrogen-bond acceptors (Lipinski definition) is 5. The molecule has 1 aromatic carbocycles. The summed E-state index contributed by atoms with van der Waals surface area (Å²) in [6, 6.07) is 9.00. The number of aryl methyl sites for hydroxylation is 1. The molecule has 158 valence electrons. The van der Waals surface area contributed by atoms with E-state index in [2.05, 4.69) is 48.4 Å². The molecule has 6 nitrogen and oxygen atoms in total. The number of carbonyl (C=O) groups excluding carboxylic acids is 1. The highest BCUT2D eigenvalue weighted by Gasteiger charge is 2.49. The molecule has 0 spiro atoms. The van der Waals surface area contributed by atoms with Crippen LogP contribution in [0.2, 0.25) is 5.15 Å². The van der Waals surface area contributed by atoms with Crippen molar-refractivity contribution in [2.45, 2.75) is 46.4 Å². The summed E-state index contributed by atoms with van der Waals surface area (Å²) in [5.41, 5.74) is 2.17. The summed E-state index contributed by atoms with van der Waals surface area (Å²) in [5.74, 6) is -0.183. The Morgan fingerprint density at radius 2 is 2.00 bits per heavy atom. The lowest BCUT2D eigenvalue weighted by Gasteiger charge is -2.30. The number of carbonyl (C=O) groups is 1. The highest BCUT2D eigenvalue weighted by atomic mass is 35.5. The largest absolute Gasteiger partial charge is 0.459 e. The van der Waals surface area contributed by atoms with E-state index in [1.807, 2.05) is 18.2 Å². The molecule has 3 heterocycles. The van der Waals surface area contributed by atoms with Crippen LogP contribution in [0.15, 0.2) is 42.9 Å². The van der Waals surface area contributed by atoms with E-state index >= 15 is 0 Å². The fourth-order valence-electron chi connectivity index (χ4n) is 4.15. The molecular weight excluding hydrogens is 402 g/mol. The third-order valence-electron chi connectivity index (χ3n) is 6.33. The first-order valence-electron chi connectivity index (χ1n) is 10.2. The Kier molecular flexibility index (Phi) is 5.55. The van der Waals surface area contributed by atoms with Gasteiger partial charge in [-0.25, -0.2) is 14.8 Å². The Hall–Kier alpha value is -2.44. The summed E-state index contributed by atoms with van der Waals surface area (Å²) in [6.45, 7) is 8.75.